The third-order valence-electron chi connectivity index (χ3n) is 5.45. The molecule has 9 nitrogen and oxygen atoms in total. The first-order valence-corrected chi connectivity index (χ1v) is 13.8. The topological polar surface area (TPSA) is 116 Å². The van der Waals surface area contributed by atoms with Crippen LogP contribution in [-0.4, -0.2) is 66.2 Å². The van der Waals surface area contributed by atoms with Crippen LogP contribution in [0.15, 0.2) is 29.2 Å². The van der Waals surface area contributed by atoms with E-state index in [2.05, 4.69) is 10.6 Å². The fourth-order valence-corrected chi connectivity index (χ4v) is 6.42. The van der Waals surface area contributed by atoms with Crippen molar-refractivity contribution in [2.45, 2.75) is 56.3 Å². The molecule has 0 bridgehead atoms. The Labute approximate surface area is 199 Å². The lowest BCUT2D eigenvalue weighted by atomic mass is 10.2. The Morgan fingerprint density at radius 1 is 1.18 bits per heavy atom. The van der Waals surface area contributed by atoms with Gasteiger partial charge in [-0.15, -0.1) is 11.8 Å². The number of anilines is 1. The summed E-state index contributed by atoms with van der Waals surface area (Å²) in [5.41, 5.74) is -0.221. The Morgan fingerprint density at radius 3 is 2.55 bits per heavy atom. The van der Waals surface area contributed by atoms with E-state index in [1.807, 2.05) is 13.8 Å². The number of rotatable bonds is 8. The van der Waals surface area contributed by atoms with Gasteiger partial charge in [0, 0.05) is 25.3 Å². The van der Waals surface area contributed by atoms with Crippen molar-refractivity contribution < 1.29 is 22.8 Å². The van der Waals surface area contributed by atoms with Crippen LogP contribution in [0.5, 0.6) is 0 Å². The number of carbonyl (C=O) groups excluding carboxylic acids is 3. The highest BCUT2D eigenvalue weighted by Crippen LogP contribution is 2.24. The smallest absolute Gasteiger partial charge is 0.243 e. The third-order valence-corrected chi connectivity index (χ3v) is 8.47. The first kappa shape index (κ1) is 25.5. The minimum Gasteiger partial charge on any atom is -0.327 e. The molecule has 2 saturated heterocycles. The van der Waals surface area contributed by atoms with Crippen molar-refractivity contribution in [1.29, 1.82) is 0 Å². The molecule has 2 heterocycles. The molecule has 0 aromatic heterocycles. The predicted molar refractivity (Wildman–Crippen MR) is 128 cm³/mol. The van der Waals surface area contributed by atoms with Gasteiger partial charge in [0.1, 0.15) is 6.42 Å². The number of thioether (sulfide) groups is 1. The van der Waals surface area contributed by atoms with Gasteiger partial charge >= 0.3 is 0 Å². The van der Waals surface area contributed by atoms with Crippen LogP contribution in [0.4, 0.5) is 5.69 Å². The molecule has 0 aliphatic carbocycles. The summed E-state index contributed by atoms with van der Waals surface area (Å²) in [5.74, 6) is -0.743. The van der Waals surface area contributed by atoms with Crippen molar-refractivity contribution in [3.63, 3.8) is 0 Å². The van der Waals surface area contributed by atoms with Crippen molar-refractivity contribution in [3.8, 4) is 0 Å². The molecule has 3 amide bonds. The second kappa shape index (κ2) is 11.3. The molecule has 3 rings (SSSR count). The SMILES string of the molecule is CC(C)CN1C(=O)CC(=O)N[C@H]1SCC(=O)Nc1cccc(S(=O)(=O)N2CCCCCC2)c1. The van der Waals surface area contributed by atoms with E-state index in [9.17, 15) is 22.8 Å². The number of hydrogen-bond acceptors (Lipinski definition) is 6. The molecule has 2 fully saturated rings. The molecule has 33 heavy (non-hydrogen) atoms. The van der Waals surface area contributed by atoms with Crippen molar-refractivity contribution in [1.82, 2.24) is 14.5 Å². The number of nitrogens with one attached hydrogen (secondary N) is 2. The van der Waals surface area contributed by atoms with E-state index in [1.165, 1.54) is 16.4 Å². The van der Waals surface area contributed by atoms with Crippen molar-refractivity contribution in [3.05, 3.63) is 24.3 Å². The molecule has 182 valence electrons. The Kier molecular flexibility index (Phi) is 8.77. The van der Waals surface area contributed by atoms with Gasteiger partial charge in [0.15, 0.2) is 5.50 Å². The van der Waals surface area contributed by atoms with Crippen LogP contribution >= 0.6 is 11.8 Å². The van der Waals surface area contributed by atoms with Crippen LogP contribution in [0.25, 0.3) is 0 Å². The van der Waals surface area contributed by atoms with E-state index in [1.54, 1.807) is 17.0 Å². The minimum atomic E-state index is -3.62. The maximum absolute atomic E-state index is 13.0. The molecular weight excluding hydrogens is 464 g/mol. The monoisotopic (exact) mass is 496 g/mol. The lowest BCUT2D eigenvalue weighted by molar-refractivity contribution is -0.142. The van der Waals surface area contributed by atoms with Gasteiger partial charge in [-0.1, -0.05) is 32.8 Å². The molecule has 0 spiro atoms. The number of benzene rings is 1. The fraction of sp³-hybridized carbons (Fsp3) is 0.591. The first-order chi connectivity index (χ1) is 15.7. The van der Waals surface area contributed by atoms with Gasteiger partial charge in [0.05, 0.1) is 10.6 Å². The number of carbonyl (C=O) groups is 3. The second-order valence-electron chi connectivity index (χ2n) is 8.74. The molecular formula is C22H32N4O5S2. The van der Waals surface area contributed by atoms with Crippen molar-refractivity contribution in [2.75, 3.05) is 30.7 Å². The van der Waals surface area contributed by atoms with Crippen LogP contribution in [0.3, 0.4) is 0 Å². The average Bonchev–Trinajstić information content (AvgIpc) is 3.04. The molecule has 11 heteroatoms. The Hall–Kier alpha value is -2.11. The van der Waals surface area contributed by atoms with Crippen LogP contribution in [-0.2, 0) is 24.4 Å². The van der Waals surface area contributed by atoms with Gasteiger partial charge in [0.2, 0.25) is 27.7 Å². The van der Waals surface area contributed by atoms with Gasteiger partial charge in [-0.25, -0.2) is 8.42 Å². The highest BCUT2D eigenvalue weighted by atomic mass is 32.2. The minimum absolute atomic E-state index is 0.00404. The Balaban J connectivity index is 1.62. The molecule has 1 atom stereocenters. The summed E-state index contributed by atoms with van der Waals surface area (Å²) >= 11 is 1.15. The van der Waals surface area contributed by atoms with E-state index in [4.69, 9.17) is 0 Å². The Bertz CT molecular complexity index is 975. The number of amides is 3. The summed E-state index contributed by atoms with van der Waals surface area (Å²) in [7, 11) is -3.62. The lowest BCUT2D eigenvalue weighted by Gasteiger charge is -2.36. The average molecular weight is 497 g/mol. The van der Waals surface area contributed by atoms with Crippen LogP contribution in [0.1, 0.15) is 46.0 Å². The highest BCUT2D eigenvalue weighted by Gasteiger charge is 2.33. The van der Waals surface area contributed by atoms with E-state index in [0.717, 1.165) is 37.4 Å². The fourth-order valence-electron chi connectivity index (χ4n) is 3.88. The molecule has 2 aliphatic heterocycles. The molecule has 2 N–H and O–H groups in total. The zero-order valence-electron chi connectivity index (χ0n) is 19.1. The van der Waals surface area contributed by atoms with Crippen molar-refractivity contribution in [2.24, 2.45) is 5.92 Å². The van der Waals surface area contributed by atoms with Crippen LogP contribution < -0.4 is 10.6 Å². The second-order valence-corrected chi connectivity index (χ2v) is 11.7. The lowest BCUT2D eigenvalue weighted by Crippen LogP contribution is -2.56. The molecule has 0 radical (unpaired) electrons. The molecule has 1 aromatic rings. The summed E-state index contributed by atoms with van der Waals surface area (Å²) < 4.78 is 27.6. The number of nitrogens with zero attached hydrogens (tertiary/aromatic N) is 2. The summed E-state index contributed by atoms with van der Waals surface area (Å²) in [6, 6.07) is 6.26. The summed E-state index contributed by atoms with van der Waals surface area (Å²) in [6.07, 6.45) is 3.57. The van der Waals surface area contributed by atoms with Crippen LogP contribution in [0.2, 0.25) is 0 Å². The molecule has 2 aliphatic rings. The predicted octanol–water partition coefficient (Wildman–Crippen LogP) is 2.21. The maximum Gasteiger partial charge on any atom is 0.243 e. The van der Waals surface area contributed by atoms with Gasteiger partial charge in [0.25, 0.3) is 0 Å². The van der Waals surface area contributed by atoms with E-state index < -0.39 is 15.5 Å². The standard InChI is InChI=1S/C22H32N4O5S2/c1-16(2)14-26-21(29)13-19(27)24-22(26)32-15-20(28)23-17-8-7-9-18(12-17)33(30,31)25-10-5-3-4-6-11-25/h7-9,12,16,22H,3-6,10-11,13-15H2,1-2H3,(H,23,28)(H,24,27)/t22-/m1/s1. The highest BCUT2D eigenvalue weighted by molar-refractivity contribution is 8.00. The summed E-state index contributed by atoms with van der Waals surface area (Å²) in [4.78, 5) is 38.3. The van der Waals surface area contributed by atoms with E-state index in [0.29, 0.717) is 25.3 Å². The number of sulfonamides is 1. The summed E-state index contributed by atoms with van der Waals surface area (Å²) in [6.45, 7) is 5.45. The molecule has 0 saturated carbocycles. The maximum atomic E-state index is 13.0. The quantitative estimate of drug-likeness (QED) is 0.533. The summed E-state index contributed by atoms with van der Waals surface area (Å²) in [5, 5.41) is 5.48. The van der Waals surface area contributed by atoms with Gasteiger partial charge in [-0.3, -0.25) is 14.4 Å². The van der Waals surface area contributed by atoms with Gasteiger partial charge in [-0.2, -0.15) is 4.31 Å². The zero-order valence-corrected chi connectivity index (χ0v) is 20.7. The van der Waals surface area contributed by atoms with Crippen molar-refractivity contribution >= 4 is 45.2 Å². The van der Waals surface area contributed by atoms with E-state index >= 15 is 0 Å². The third kappa shape index (κ3) is 6.94. The zero-order chi connectivity index (χ0) is 24.0. The van der Waals surface area contributed by atoms with Crippen LogP contribution in [0, 0.1) is 5.92 Å². The molecule has 1 aromatic carbocycles. The largest absolute Gasteiger partial charge is 0.327 e. The molecule has 0 unspecified atom stereocenters. The normalized spacial score (nSPS) is 20.5. The Morgan fingerprint density at radius 2 is 1.88 bits per heavy atom. The first-order valence-electron chi connectivity index (χ1n) is 11.3. The van der Waals surface area contributed by atoms with Gasteiger partial charge in [-0.05, 0) is 37.0 Å². The number of hydrogen-bond donors (Lipinski definition) is 2. The van der Waals surface area contributed by atoms with Gasteiger partial charge < -0.3 is 15.5 Å². The van der Waals surface area contributed by atoms with E-state index in [-0.39, 0.29) is 40.7 Å².